The van der Waals surface area contributed by atoms with Crippen LogP contribution in [0.15, 0.2) is 0 Å². The zero-order valence-electron chi connectivity index (χ0n) is 10.5. The molecular weight excluding hydrogens is 188 g/mol. The third-order valence-corrected chi connectivity index (χ3v) is 1.96. The molecule has 0 aromatic heterocycles. The van der Waals surface area contributed by atoms with Crippen molar-refractivity contribution in [2.24, 2.45) is 5.41 Å². The summed E-state index contributed by atoms with van der Waals surface area (Å²) in [6.45, 7) is 9.63. The predicted octanol–water partition coefficient (Wildman–Crippen LogP) is 3.16. The average molecular weight is 210 g/mol. The maximum absolute atomic E-state index is 10.9. The Hall–Kier alpha value is -0.970. The number of carbonyl (C=O) groups excluding carboxylic acids is 1. The van der Waals surface area contributed by atoms with Gasteiger partial charge in [0.15, 0.2) is 6.10 Å². The molecule has 0 saturated carbocycles. The van der Waals surface area contributed by atoms with E-state index in [9.17, 15) is 4.79 Å². The molecular formula is C13H22O2. The van der Waals surface area contributed by atoms with E-state index < -0.39 is 0 Å². The minimum Gasteiger partial charge on any atom is -0.449 e. The van der Waals surface area contributed by atoms with Crippen LogP contribution in [0.3, 0.4) is 0 Å². The van der Waals surface area contributed by atoms with Crippen LogP contribution in [-0.4, -0.2) is 12.1 Å². The van der Waals surface area contributed by atoms with Gasteiger partial charge in [0, 0.05) is 18.8 Å². The molecule has 1 atom stereocenters. The standard InChI is InChI=1S/C13H22O2/c1-6-7-8-9-10-12(13(3,4)5)15-11(2)14/h12H,6-8H2,1-5H3. The van der Waals surface area contributed by atoms with Gasteiger partial charge in [0.2, 0.25) is 0 Å². The maximum Gasteiger partial charge on any atom is 0.303 e. The number of carbonyl (C=O) groups is 1. The minimum absolute atomic E-state index is 0.120. The van der Waals surface area contributed by atoms with Crippen LogP contribution in [-0.2, 0) is 9.53 Å². The fourth-order valence-corrected chi connectivity index (χ4v) is 1.02. The normalized spacial score (nSPS) is 12.6. The highest BCUT2D eigenvalue weighted by Gasteiger charge is 2.25. The fourth-order valence-electron chi connectivity index (χ4n) is 1.02. The monoisotopic (exact) mass is 210 g/mol. The molecule has 0 bridgehead atoms. The topological polar surface area (TPSA) is 26.3 Å². The van der Waals surface area contributed by atoms with Crippen LogP contribution in [0.2, 0.25) is 0 Å². The first-order valence-electron chi connectivity index (χ1n) is 5.53. The van der Waals surface area contributed by atoms with Gasteiger partial charge < -0.3 is 4.74 Å². The molecule has 0 aliphatic rings. The zero-order valence-corrected chi connectivity index (χ0v) is 10.5. The summed E-state index contributed by atoms with van der Waals surface area (Å²) in [5, 5.41) is 0. The Morgan fingerprint density at radius 3 is 2.40 bits per heavy atom. The van der Waals surface area contributed by atoms with E-state index in [4.69, 9.17) is 4.74 Å². The minimum atomic E-state index is -0.299. The summed E-state index contributed by atoms with van der Waals surface area (Å²) in [4.78, 5) is 10.9. The fraction of sp³-hybridized carbons (Fsp3) is 0.769. The summed E-state index contributed by atoms with van der Waals surface area (Å²) in [7, 11) is 0. The van der Waals surface area contributed by atoms with E-state index in [2.05, 4.69) is 18.8 Å². The van der Waals surface area contributed by atoms with Crippen molar-refractivity contribution in [3.8, 4) is 11.8 Å². The van der Waals surface area contributed by atoms with Crippen molar-refractivity contribution in [2.75, 3.05) is 0 Å². The predicted molar refractivity (Wildman–Crippen MR) is 62.3 cm³/mol. The van der Waals surface area contributed by atoms with E-state index in [0.717, 1.165) is 19.3 Å². The van der Waals surface area contributed by atoms with Crippen LogP contribution in [0.25, 0.3) is 0 Å². The molecule has 0 rings (SSSR count). The van der Waals surface area contributed by atoms with E-state index in [1.165, 1.54) is 6.92 Å². The van der Waals surface area contributed by atoms with Gasteiger partial charge in [-0.3, -0.25) is 4.79 Å². The van der Waals surface area contributed by atoms with E-state index in [1.807, 2.05) is 20.8 Å². The van der Waals surface area contributed by atoms with Gasteiger partial charge in [-0.15, -0.1) is 0 Å². The van der Waals surface area contributed by atoms with Gasteiger partial charge in [0.1, 0.15) is 0 Å². The maximum atomic E-state index is 10.9. The van der Waals surface area contributed by atoms with Gasteiger partial charge in [-0.1, -0.05) is 46.0 Å². The summed E-state index contributed by atoms with van der Waals surface area (Å²) in [5.74, 6) is 5.84. The lowest BCUT2D eigenvalue weighted by Crippen LogP contribution is -2.29. The van der Waals surface area contributed by atoms with Crippen molar-refractivity contribution in [2.45, 2.75) is 60.0 Å². The summed E-state index contributed by atoms with van der Waals surface area (Å²) < 4.78 is 5.18. The smallest absolute Gasteiger partial charge is 0.303 e. The summed E-state index contributed by atoms with van der Waals surface area (Å²) in [6.07, 6.45) is 2.82. The molecule has 0 saturated heterocycles. The van der Waals surface area contributed by atoms with Crippen molar-refractivity contribution in [1.82, 2.24) is 0 Å². The van der Waals surface area contributed by atoms with Crippen LogP contribution >= 0.6 is 0 Å². The molecule has 2 heteroatoms. The van der Waals surface area contributed by atoms with E-state index in [0.29, 0.717) is 0 Å². The quantitative estimate of drug-likeness (QED) is 0.406. The van der Waals surface area contributed by atoms with Crippen molar-refractivity contribution in [1.29, 1.82) is 0 Å². The molecule has 0 heterocycles. The van der Waals surface area contributed by atoms with Gasteiger partial charge >= 0.3 is 5.97 Å². The van der Waals surface area contributed by atoms with Crippen LogP contribution in [0.4, 0.5) is 0 Å². The van der Waals surface area contributed by atoms with Crippen molar-refractivity contribution in [3.63, 3.8) is 0 Å². The van der Waals surface area contributed by atoms with Crippen LogP contribution in [0.1, 0.15) is 53.9 Å². The lowest BCUT2D eigenvalue weighted by atomic mass is 9.89. The van der Waals surface area contributed by atoms with Gasteiger partial charge in [0.05, 0.1) is 0 Å². The Morgan fingerprint density at radius 2 is 2.00 bits per heavy atom. The summed E-state index contributed by atoms with van der Waals surface area (Å²) in [6, 6.07) is 0. The van der Waals surface area contributed by atoms with Gasteiger partial charge in [-0.2, -0.15) is 0 Å². The molecule has 0 radical (unpaired) electrons. The number of hydrogen-bond acceptors (Lipinski definition) is 2. The highest BCUT2D eigenvalue weighted by molar-refractivity contribution is 5.66. The first kappa shape index (κ1) is 14.0. The molecule has 0 amide bonds. The average Bonchev–Trinajstić information content (AvgIpc) is 2.08. The van der Waals surface area contributed by atoms with E-state index in [-0.39, 0.29) is 17.5 Å². The van der Waals surface area contributed by atoms with Crippen LogP contribution in [0.5, 0.6) is 0 Å². The third-order valence-electron chi connectivity index (χ3n) is 1.96. The van der Waals surface area contributed by atoms with Crippen molar-refractivity contribution < 1.29 is 9.53 Å². The Balaban J connectivity index is 4.35. The lowest BCUT2D eigenvalue weighted by Gasteiger charge is -2.25. The van der Waals surface area contributed by atoms with E-state index in [1.54, 1.807) is 0 Å². The molecule has 15 heavy (non-hydrogen) atoms. The molecule has 1 unspecified atom stereocenters. The second kappa shape index (κ2) is 6.50. The van der Waals surface area contributed by atoms with Crippen LogP contribution < -0.4 is 0 Å². The largest absolute Gasteiger partial charge is 0.449 e. The zero-order chi connectivity index (χ0) is 11.9. The highest BCUT2D eigenvalue weighted by Crippen LogP contribution is 2.21. The Morgan fingerprint density at radius 1 is 1.40 bits per heavy atom. The number of ether oxygens (including phenoxy) is 1. The Kier molecular flexibility index (Phi) is 6.08. The third kappa shape index (κ3) is 7.02. The first-order valence-corrected chi connectivity index (χ1v) is 5.53. The Labute approximate surface area is 93.4 Å². The molecule has 0 aromatic rings. The van der Waals surface area contributed by atoms with Gasteiger partial charge in [-0.05, 0) is 6.42 Å². The van der Waals surface area contributed by atoms with Gasteiger partial charge in [0.25, 0.3) is 0 Å². The number of unbranched alkanes of at least 4 members (excludes halogenated alkanes) is 2. The first-order chi connectivity index (χ1) is 6.88. The number of rotatable bonds is 3. The van der Waals surface area contributed by atoms with Gasteiger partial charge in [-0.25, -0.2) is 0 Å². The Bertz CT molecular complexity index is 250. The molecule has 0 N–H and O–H groups in total. The molecule has 0 fully saturated rings. The second-order valence-corrected chi connectivity index (χ2v) is 4.78. The van der Waals surface area contributed by atoms with Crippen molar-refractivity contribution in [3.05, 3.63) is 0 Å². The molecule has 2 nitrogen and oxygen atoms in total. The summed E-state index contributed by atoms with van der Waals surface area (Å²) >= 11 is 0. The SMILES string of the molecule is CCCCC#CC(OC(C)=O)C(C)(C)C. The molecule has 0 spiro atoms. The van der Waals surface area contributed by atoms with Crippen LogP contribution in [0, 0.1) is 17.3 Å². The molecule has 0 aliphatic carbocycles. The molecule has 0 aromatic carbocycles. The highest BCUT2D eigenvalue weighted by atomic mass is 16.5. The summed E-state index contributed by atoms with van der Waals surface area (Å²) in [5.41, 5.74) is -0.120. The second-order valence-electron chi connectivity index (χ2n) is 4.78. The molecule has 0 aliphatic heterocycles. The number of esters is 1. The number of hydrogen-bond donors (Lipinski definition) is 0. The lowest BCUT2D eigenvalue weighted by molar-refractivity contribution is -0.147. The van der Waals surface area contributed by atoms with Crippen molar-refractivity contribution >= 4 is 5.97 Å². The van der Waals surface area contributed by atoms with E-state index >= 15 is 0 Å². The molecule has 86 valence electrons.